The minimum absolute atomic E-state index is 0.108. The van der Waals surface area contributed by atoms with Gasteiger partial charge in [0, 0.05) is 5.92 Å². The van der Waals surface area contributed by atoms with Crippen LogP contribution in [0.3, 0.4) is 0 Å². The molecule has 0 amide bonds. The van der Waals surface area contributed by atoms with Crippen LogP contribution in [0.1, 0.15) is 30.7 Å². The van der Waals surface area contributed by atoms with E-state index >= 15 is 0 Å². The van der Waals surface area contributed by atoms with E-state index in [1.165, 1.54) is 12.1 Å². The summed E-state index contributed by atoms with van der Waals surface area (Å²) in [5, 5.41) is 17.8. The van der Waals surface area contributed by atoms with Crippen molar-refractivity contribution in [3.05, 3.63) is 28.5 Å². The van der Waals surface area contributed by atoms with E-state index in [4.69, 9.17) is 16.7 Å². The van der Waals surface area contributed by atoms with E-state index in [0.717, 1.165) is 12.8 Å². The van der Waals surface area contributed by atoms with Gasteiger partial charge in [0.15, 0.2) is 0 Å². The van der Waals surface area contributed by atoms with Gasteiger partial charge >= 0.3 is 5.97 Å². The molecule has 0 radical (unpaired) electrons. The number of phenols is 1. The second-order valence-electron chi connectivity index (χ2n) is 4.34. The van der Waals surface area contributed by atoms with Crippen molar-refractivity contribution >= 4 is 17.6 Å². The highest BCUT2D eigenvalue weighted by Gasteiger charge is 2.35. The van der Waals surface area contributed by atoms with Crippen LogP contribution in [0.25, 0.3) is 0 Å². The Bertz CT molecular complexity index is 457. The third kappa shape index (κ3) is 2.52. The Morgan fingerprint density at radius 3 is 2.71 bits per heavy atom. The molecule has 0 heterocycles. The Kier molecular flexibility index (Phi) is 3.24. The lowest BCUT2D eigenvalue weighted by Gasteiger charge is -2.16. The van der Waals surface area contributed by atoms with Crippen molar-refractivity contribution in [3.63, 3.8) is 0 Å². The van der Waals surface area contributed by atoms with Crippen LogP contribution in [0.2, 0.25) is 5.02 Å². The van der Waals surface area contributed by atoms with Crippen molar-refractivity contribution in [2.24, 2.45) is 5.92 Å². The molecule has 3 nitrogen and oxygen atoms in total. The number of aliphatic carboxylic acids is 1. The van der Waals surface area contributed by atoms with Gasteiger partial charge in [0.1, 0.15) is 16.6 Å². The van der Waals surface area contributed by atoms with E-state index in [0.29, 0.717) is 0 Å². The lowest BCUT2D eigenvalue weighted by atomic mass is 9.90. The summed E-state index contributed by atoms with van der Waals surface area (Å²) in [6.45, 7) is 0. The lowest BCUT2D eigenvalue weighted by Crippen LogP contribution is -2.10. The zero-order valence-corrected chi connectivity index (χ0v) is 9.75. The van der Waals surface area contributed by atoms with Crippen LogP contribution in [0.4, 0.5) is 4.39 Å². The summed E-state index contributed by atoms with van der Waals surface area (Å²) in [7, 11) is 0. The first-order valence-electron chi connectivity index (χ1n) is 5.39. The highest BCUT2D eigenvalue weighted by molar-refractivity contribution is 6.32. The van der Waals surface area contributed by atoms with Crippen molar-refractivity contribution < 1.29 is 19.4 Å². The number of aromatic hydroxyl groups is 1. The summed E-state index contributed by atoms with van der Waals surface area (Å²) in [6.07, 6.45) is 1.72. The average Bonchev–Trinajstić information content (AvgIpc) is 3.07. The molecule has 2 rings (SSSR count). The third-order valence-corrected chi connectivity index (χ3v) is 3.44. The van der Waals surface area contributed by atoms with Crippen LogP contribution in [0.15, 0.2) is 12.1 Å². The molecule has 2 N–H and O–H groups in total. The number of hydrogen-bond acceptors (Lipinski definition) is 2. The van der Waals surface area contributed by atoms with Gasteiger partial charge < -0.3 is 10.2 Å². The Labute approximate surface area is 103 Å². The molecule has 0 aliphatic heterocycles. The van der Waals surface area contributed by atoms with Crippen molar-refractivity contribution in [1.29, 1.82) is 0 Å². The van der Waals surface area contributed by atoms with E-state index in [-0.39, 0.29) is 34.6 Å². The highest BCUT2D eigenvalue weighted by atomic mass is 35.5. The van der Waals surface area contributed by atoms with Gasteiger partial charge in [-0.1, -0.05) is 17.7 Å². The van der Waals surface area contributed by atoms with Gasteiger partial charge in [-0.15, -0.1) is 0 Å². The third-order valence-electron chi connectivity index (χ3n) is 3.08. The van der Waals surface area contributed by atoms with Crippen LogP contribution >= 0.6 is 11.6 Å². The predicted molar refractivity (Wildman–Crippen MR) is 60.8 cm³/mol. The van der Waals surface area contributed by atoms with E-state index in [1.54, 1.807) is 0 Å². The molecule has 1 aromatic carbocycles. The number of benzene rings is 1. The lowest BCUT2D eigenvalue weighted by molar-refractivity contribution is -0.137. The second-order valence-corrected chi connectivity index (χ2v) is 4.72. The Balaban J connectivity index is 2.35. The van der Waals surface area contributed by atoms with Gasteiger partial charge in [-0.2, -0.15) is 0 Å². The number of carboxylic acids is 1. The molecule has 92 valence electrons. The minimum Gasteiger partial charge on any atom is -0.506 e. The number of carbonyl (C=O) groups is 1. The number of halogens is 2. The van der Waals surface area contributed by atoms with Crippen LogP contribution in [0.5, 0.6) is 5.75 Å². The fourth-order valence-electron chi connectivity index (χ4n) is 2.06. The summed E-state index contributed by atoms with van der Waals surface area (Å²) in [5.74, 6) is -2.13. The van der Waals surface area contributed by atoms with Gasteiger partial charge in [-0.3, -0.25) is 4.79 Å². The first kappa shape index (κ1) is 12.2. The molecular weight excluding hydrogens is 247 g/mol. The van der Waals surface area contributed by atoms with Crippen LogP contribution in [0, 0.1) is 11.7 Å². The fourth-order valence-corrected chi connectivity index (χ4v) is 2.23. The maximum Gasteiger partial charge on any atom is 0.303 e. The molecule has 0 spiro atoms. The molecular formula is C12H12ClFO3. The van der Waals surface area contributed by atoms with E-state index in [2.05, 4.69) is 0 Å². The quantitative estimate of drug-likeness (QED) is 0.872. The Morgan fingerprint density at radius 1 is 1.53 bits per heavy atom. The molecule has 1 aliphatic carbocycles. The summed E-state index contributed by atoms with van der Waals surface area (Å²) < 4.78 is 13.9. The first-order chi connectivity index (χ1) is 8.00. The number of carboxylic acid groups (broad SMARTS) is 1. The van der Waals surface area contributed by atoms with Crippen molar-refractivity contribution in [2.45, 2.75) is 25.2 Å². The zero-order valence-electron chi connectivity index (χ0n) is 8.99. The standard InChI is InChI=1S/C12H12ClFO3/c13-11-9(15)4-3-7(12(11)14)8(5-10(16)17)6-1-2-6/h3-4,6,8,15H,1-2,5H2,(H,16,17). The predicted octanol–water partition coefficient (Wildman–Crippen LogP) is 3.15. The molecule has 17 heavy (non-hydrogen) atoms. The van der Waals surface area contributed by atoms with Crippen molar-refractivity contribution in [1.82, 2.24) is 0 Å². The Morgan fingerprint density at radius 2 is 2.18 bits per heavy atom. The summed E-state index contributed by atoms with van der Waals surface area (Å²) >= 11 is 5.62. The first-order valence-corrected chi connectivity index (χ1v) is 5.77. The Hall–Kier alpha value is -1.29. The maximum atomic E-state index is 13.9. The summed E-state index contributed by atoms with van der Waals surface area (Å²) in [4.78, 5) is 10.8. The normalized spacial score (nSPS) is 16.8. The van der Waals surface area contributed by atoms with Gasteiger partial charge in [-0.05, 0) is 30.4 Å². The van der Waals surface area contributed by atoms with E-state index < -0.39 is 11.8 Å². The van der Waals surface area contributed by atoms with Crippen LogP contribution in [-0.2, 0) is 4.79 Å². The summed E-state index contributed by atoms with van der Waals surface area (Å²) in [5.41, 5.74) is 0.290. The second kappa shape index (κ2) is 4.53. The molecule has 1 aliphatic rings. The summed E-state index contributed by atoms with van der Waals surface area (Å²) in [6, 6.07) is 2.72. The van der Waals surface area contributed by atoms with E-state index in [1.807, 2.05) is 0 Å². The molecule has 5 heteroatoms. The number of hydrogen-bond donors (Lipinski definition) is 2. The maximum absolute atomic E-state index is 13.9. The van der Waals surface area contributed by atoms with Crippen molar-refractivity contribution in [2.75, 3.05) is 0 Å². The molecule has 1 atom stereocenters. The fraction of sp³-hybridized carbons (Fsp3) is 0.417. The molecule has 0 bridgehead atoms. The molecule has 1 fully saturated rings. The minimum atomic E-state index is -0.953. The van der Waals surface area contributed by atoms with Gasteiger partial charge in [-0.25, -0.2) is 4.39 Å². The number of rotatable bonds is 4. The molecule has 0 saturated heterocycles. The van der Waals surface area contributed by atoms with Gasteiger partial charge in [0.2, 0.25) is 0 Å². The number of phenolic OH excluding ortho intramolecular Hbond substituents is 1. The van der Waals surface area contributed by atoms with Gasteiger partial charge in [0.25, 0.3) is 0 Å². The topological polar surface area (TPSA) is 57.5 Å². The van der Waals surface area contributed by atoms with Crippen molar-refractivity contribution in [3.8, 4) is 5.75 Å². The molecule has 1 unspecified atom stereocenters. The van der Waals surface area contributed by atoms with Gasteiger partial charge in [0.05, 0.1) is 6.42 Å². The molecule has 1 saturated carbocycles. The molecule has 1 aromatic rings. The highest BCUT2D eigenvalue weighted by Crippen LogP contribution is 2.46. The van der Waals surface area contributed by atoms with Crippen LogP contribution < -0.4 is 0 Å². The largest absolute Gasteiger partial charge is 0.506 e. The SMILES string of the molecule is O=C(O)CC(c1ccc(O)c(Cl)c1F)C1CC1. The van der Waals surface area contributed by atoms with Crippen LogP contribution in [-0.4, -0.2) is 16.2 Å². The smallest absolute Gasteiger partial charge is 0.303 e. The van der Waals surface area contributed by atoms with E-state index in [9.17, 15) is 14.3 Å². The average molecular weight is 259 g/mol. The monoisotopic (exact) mass is 258 g/mol. The molecule has 0 aromatic heterocycles. The zero-order chi connectivity index (χ0) is 12.6.